The molecule has 1 saturated carbocycles. The van der Waals surface area contributed by atoms with Crippen molar-refractivity contribution in [1.82, 2.24) is 19.4 Å². The molecular weight excluding hydrogens is 371 g/mol. The Morgan fingerprint density at radius 3 is 2.66 bits per heavy atom. The van der Waals surface area contributed by atoms with Gasteiger partial charge in [-0.3, -0.25) is 13.9 Å². The van der Waals surface area contributed by atoms with Gasteiger partial charge in [-0.1, -0.05) is 25.0 Å². The smallest absolute Gasteiger partial charge is 0.330 e. The number of hydrogen-bond acceptors (Lipinski definition) is 3. The van der Waals surface area contributed by atoms with E-state index in [1.54, 1.807) is 33.5 Å². The van der Waals surface area contributed by atoms with E-state index >= 15 is 0 Å². The fourth-order valence-electron chi connectivity index (χ4n) is 4.13. The summed E-state index contributed by atoms with van der Waals surface area (Å²) < 4.78 is 16.4. The average molecular weight is 396 g/mol. The molecule has 1 amide bonds. The van der Waals surface area contributed by atoms with Crippen molar-refractivity contribution in [2.75, 3.05) is 6.54 Å². The molecule has 1 fully saturated rings. The summed E-state index contributed by atoms with van der Waals surface area (Å²) in [7, 11) is 0. The number of imidazole rings is 1. The Morgan fingerprint density at radius 2 is 1.90 bits per heavy atom. The van der Waals surface area contributed by atoms with E-state index < -0.39 is 0 Å². The van der Waals surface area contributed by atoms with Crippen LogP contribution < -0.4 is 11.0 Å². The second-order valence-corrected chi connectivity index (χ2v) is 7.70. The molecule has 7 heteroatoms. The minimum atomic E-state index is -0.307. The van der Waals surface area contributed by atoms with E-state index in [1.807, 2.05) is 6.07 Å². The molecule has 6 nitrogen and oxygen atoms in total. The maximum Gasteiger partial charge on any atom is 0.330 e. The SMILES string of the molecule is O=C(CC1CCCC1)NCCn1c(=O)n(Cc2ccc(F)cc2)c2cccnc21. The summed E-state index contributed by atoms with van der Waals surface area (Å²) in [5.74, 6) is 0.239. The van der Waals surface area contributed by atoms with Crippen molar-refractivity contribution in [3.05, 3.63) is 64.5 Å². The van der Waals surface area contributed by atoms with Gasteiger partial charge in [0.05, 0.1) is 12.1 Å². The van der Waals surface area contributed by atoms with Crippen LogP contribution in [0.4, 0.5) is 4.39 Å². The first-order valence-electron chi connectivity index (χ1n) is 10.2. The molecule has 1 N–H and O–H groups in total. The van der Waals surface area contributed by atoms with Crippen molar-refractivity contribution >= 4 is 17.1 Å². The molecule has 4 rings (SSSR count). The van der Waals surface area contributed by atoms with Crippen LogP contribution >= 0.6 is 0 Å². The molecule has 152 valence electrons. The van der Waals surface area contributed by atoms with Gasteiger partial charge in [-0.25, -0.2) is 14.2 Å². The zero-order valence-electron chi connectivity index (χ0n) is 16.3. The van der Waals surface area contributed by atoms with E-state index in [0.29, 0.717) is 37.6 Å². The summed E-state index contributed by atoms with van der Waals surface area (Å²) in [5.41, 5.74) is 1.96. The monoisotopic (exact) mass is 396 g/mol. The van der Waals surface area contributed by atoms with Gasteiger partial charge in [0.25, 0.3) is 0 Å². The highest BCUT2D eigenvalue weighted by atomic mass is 19.1. The highest BCUT2D eigenvalue weighted by Crippen LogP contribution is 2.27. The van der Waals surface area contributed by atoms with Gasteiger partial charge in [0.2, 0.25) is 5.91 Å². The molecule has 29 heavy (non-hydrogen) atoms. The lowest BCUT2D eigenvalue weighted by Crippen LogP contribution is -2.32. The van der Waals surface area contributed by atoms with Crippen LogP contribution in [0, 0.1) is 11.7 Å². The molecule has 0 saturated heterocycles. The molecule has 0 atom stereocenters. The molecule has 0 bridgehead atoms. The van der Waals surface area contributed by atoms with E-state index in [9.17, 15) is 14.0 Å². The Bertz CT molecular complexity index is 1050. The van der Waals surface area contributed by atoms with Crippen molar-refractivity contribution in [3.8, 4) is 0 Å². The molecule has 2 aromatic heterocycles. The summed E-state index contributed by atoms with van der Waals surface area (Å²) in [6.45, 7) is 1.08. The number of hydrogen-bond donors (Lipinski definition) is 1. The number of carbonyl (C=O) groups excluding carboxylic acids is 1. The topological polar surface area (TPSA) is 68.9 Å². The van der Waals surface area contributed by atoms with E-state index in [2.05, 4.69) is 10.3 Å². The summed E-state index contributed by atoms with van der Waals surface area (Å²) >= 11 is 0. The second kappa shape index (κ2) is 8.59. The zero-order valence-corrected chi connectivity index (χ0v) is 16.3. The highest BCUT2D eigenvalue weighted by molar-refractivity contribution is 5.76. The lowest BCUT2D eigenvalue weighted by Gasteiger charge is -2.09. The van der Waals surface area contributed by atoms with Crippen LogP contribution in [-0.2, 0) is 17.9 Å². The molecule has 1 aliphatic carbocycles. The summed E-state index contributed by atoms with van der Waals surface area (Å²) in [6, 6.07) is 9.75. The number of benzene rings is 1. The van der Waals surface area contributed by atoms with Gasteiger partial charge >= 0.3 is 5.69 Å². The Hall–Kier alpha value is -2.96. The largest absolute Gasteiger partial charge is 0.354 e. The number of nitrogens with zero attached hydrogens (tertiary/aromatic N) is 3. The first-order valence-corrected chi connectivity index (χ1v) is 10.2. The van der Waals surface area contributed by atoms with Crippen LogP contribution in [0.1, 0.15) is 37.7 Å². The normalized spacial score (nSPS) is 14.5. The maximum atomic E-state index is 13.2. The third-order valence-corrected chi connectivity index (χ3v) is 5.63. The number of amides is 1. The quantitative estimate of drug-likeness (QED) is 0.667. The van der Waals surface area contributed by atoms with Crippen LogP contribution in [0.5, 0.6) is 0 Å². The average Bonchev–Trinajstić information content (AvgIpc) is 3.32. The van der Waals surface area contributed by atoms with Gasteiger partial charge in [-0.05, 0) is 48.6 Å². The van der Waals surface area contributed by atoms with Crippen LogP contribution in [0.3, 0.4) is 0 Å². The fourth-order valence-corrected chi connectivity index (χ4v) is 4.13. The van der Waals surface area contributed by atoms with Gasteiger partial charge in [-0.2, -0.15) is 0 Å². The third kappa shape index (κ3) is 4.39. The lowest BCUT2D eigenvalue weighted by atomic mass is 10.0. The summed E-state index contributed by atoms with van der Waals surface area (Å²) in [5, 5.41) is 2.94. The first kappa shape index (κ1) is 19.4. The molecule has 0 unspecified atom stereocenters. The van der Waals surface area contributed by atoms with Crippen LogP contribution in [0.15, 0.2) is 47.4 Å². The number of fused-ring (bicyclic) bond motifs is 1. The molecule has 3 aromatic rings. The third-order valence-electron chi connectivity index (χ3n) is 5.63. The molecule has 1 aliphatic rings. The van der Waals surface area contributed by atoms with Gasteiger partial charge in [0.1, 0.15) is 5.82 Å². The minimum absolute atomic E-state index is 0.0490. The number of halogens is 1. The van der Waals surface area contributed by atoms with E-state index in [0.717, 1.165) is 23.9 Å². The molecule has 2 heterocycles. The maximum absolute atomic E-state index is 13.2. The zero-order chi connectivity index (χ0) is 20.2. The van der Waals surface area contributed by atoms with Crippen molar-refractivity contribution in [2.45, 2.75) is 45.2 Å². The number of aromatic nitrogens is 3. The van der Waals surface area contributed by atoms with Crippen molar-refractivity contribution in [1.29, 1.82) is 0 Å². The predicted octanol–water partition coefficient (Wildman–Crippen LogP) is 3.08. The van der Waals surface area contributed by atoms with Crippen LogP contribution in [0.25, 0.3) is 11.2 Å². The Balaban J connectivity index is 1.49. The Labute approximate surface area is 168 Å². The van der Waals surface area contributed by atoms with E-state index in [1.165, 1.54) is 25.0 Å². The second-order valence-electron chi connectivity index (χ2n) is 7.70. The summed E-state index contributed by atoms with van der Waals surface area (Å²) in [6.07, 6.45) is 6.92. The number of carbonyl (C=O) groups is 1. The molecule has 0 spiro atoms. The number of nitrogens with one attached hydrogen (secondary N) is 1. The summed E-state index contributed by atoms with van der Waals surface area (Å²) in [4.78, 5) is 29.5. The predicted molar refractivity (Wildman–Crippen MR) is 109 cm³/mol. The standard InChI is InChI=1S/C22H25FN4O2/c23-18-9-7-17(8-10-18)15-27-19-6-3-11-25-21(19)26(22(27)29)13-12-24-20(28)14-16-4-1-2-5-16/h3,6-11,16H,1-2,4-5,12-15H2,(H,24,28). The van der Waals surface area contributed by atoms with Gasteiger partial charge in [-0.15, -0.1) is 0 Å². The molecular formula is C22H25FN4O2. The first-order chi connectivity index (χ1) is 14.1. The van der Waals surface area contributed by atoms with Crippen molar-refractivity contribution in [2.24, 2.45) is 5.92 Å². The van der Waals surface area contributed by atoms with Gasteiger partial charge in [0, 0.05) is 25.7 Å². The molecule has 0 aliphatic heterocycles. The van der Waals surface area contributed by atoms with Crippen LogP contribution in [0.2, 0.25) is 0 Å². The highest BCUT2D eigenvalue weighted by Gasteiger charge is 2.19. The molecule has 0 radical (unpaired) electrons. The van der Waals surface area contributed by atoms with Crippen molar-refractivity contribution < 1.29 is 9.18 Å². The van der Waals surface area contributed by atoms with E-state index in [-0.39, 0.29) is 17.4 Å². The number of rotatable bonds is 7. The van der Waals surface area contributed by atoms with Gasteiger partial charge in [0.15, 0.2) is 5.65 Å². The van der Waals surface area contributed by atoms with Gasteiger partial charge < -0.3 is 5.32 Å². The molecule has 1 aromatic carbocycles. The Morgan fingerprint density at radius 1 is 1.14 bits per heavy atom. The van der Waals surface area contributed by atoms with E-state index in [4.69, 9.17) is 0 Å². The van der Waals surface area contributed by atoms with Crippen LogP contribution in [-0.4, -0.2) is 26.6 Å². The number of pyridine rings is 1. The Kier molecular flexibility index (Phi) is 5.74. The lowest BCUT2D eigenvalue weighted by molar-refractivity contribution is -0.122. The van der Waals surface area contributed by atoms with Crippen molar-refractivity contribution in [3.63, 3.8) is 0 Å². The fraction of sp³-hybridized carbons (Fsp3) is 0.409. The minimum Gasteiger partial charge on any atom is -0.354 e.